The first-order valence-electron chi connectivity index (χ1n) is 11.1. The fourth-order valence-electron chi connectivity index (χ4n) is 4.45. The van der Waals surface area contributed by atoms with Gasteiger partial charge in [0.05, 0.1) is 17.5 Å². The van der Waals surface area contributed by atoms with Gasteiger partial charge in [-0.15, -0.1) is 11.3 Å². The zero-order chi connectivity index (χ0) is 22.8. The van der Waals surface area contributed by atoms with Crippen LogP contribution < -0.4 is 4.74 Å². The molecule has 0 aliphatic carbocycles. The van der Waals surface area contributed by atoms with E-state index < -0.39 is 0 Å². The molecule has 1 atom stereocenters. The standard InChI is InChI=1S/C28H24ClNO2S/c1-2-32-21-13-11-20(12-14-21)25-15-16-26(33-25)28(31)30-18-17-19-7-3-4-8-22(19)27(30)23-9-5-6-10-24(23)29/h3-16,27H,2,17-18H2,1H3/t27-/m1/s1. The Morgan fingerprint density at radius 3 is 2.45 bits per heavy atom. The van der Waals surface area contributed by atoms with Gasteiger partial charge in [0.25, 0.3) is 5.91 Å². The number of ether oxygens (including phenoxy) is 1. The van der Waals surface area contributed by atoms with E-state index in [0.717, 1.165) is 38.6 Å². The number of thiophene rings is 1. The van der Waals surface area contributed by atoms with E-state index in [9.17, 15) is 4.79 Å². The van der Waals surface area contributed by atoms with Gasteiger partial charge in [-0.05, 0) is 78.1 Å². The Labute approximate surface area is 203 Å². The second-order valence-corrected chi connectivity index (χ2v) is 9.48. The maximum atomic E-state index is 13.8. The average molecular weight is 474 g/mol. The minimum absolute atomic E-state index is 0.0385. The third-order valence-corrected chi connectivity index (χ3v) is 7.48. The third kappa shape index (κ3) is 4.29. The van der Waals surface area contributed by atoms with E-state index in [4.69, 9.17) is 16.3 Å². The molecule has 5 rings (SSSR count). The van der Waals surface area contributed by atoms with E-state index in [1.165, 1.54) is 16.9 Å². The van der Waals surface area contributed by atoms with Crippen molar-refractivity contribution in [2.45, 2.75) is 19.4 Å². The fourth-order valence-corrected chi connectivity index (χ4v) is 5.66. The number of carbonyl (C=O) groups is 1. The second-order valence-electron chi connectivity index (χ2n) is 7.99. The highest BCUT2D eigenvalue weighted by molar-refractivity contribution is 7.17. The third-order valence-electron chi connectivity index (χ3n) is 6.01. The first-order valence-corrected chi connectivity index (χ1v) is 12.3. The van der Waals surface area contributed by atoms with Crippen LogP contribution in [0, 0.1) is 0 Å². The van der Waals surface area contributed by atoms with Crippen LogP contribution in [-0.4, -0.2) is 24.0 Å². The lowest BCUT2D eigenvalue weighted by molar-refractivity contribution is 0.0699. The van der Waals surface area contributed by atoms with Crippen molar-refractivity contribution < 1.29 is 9.53 Å². The molecule has 0 spiro atoms. The molecule has 5 heteroatoms. The SMILES string of the molecule is CCOc1ccc(-c2ccc(C(=O)N3CCc4ccccc4[C@@H]3c3ccccc3Cl)s2)cc1. The molecule has 0 radical (unpaired) electrons. The molecule has 1 aromatic heterocycles. The summed E-state index contributed by atoms with van der Waals surface area (Å²) in [6.07, 6.45) is 0.833. The van der Waals surface area contributed by atoms with Crippen LogP contribution in [0.4, 0.5) is 0 Å². The summed E-state index contributed by atoms with van der Waals surface area (Å²) in [5.74, 6) is 0.889. The van der Waals surface area contributed by atoms with Crippen LogP contribution in [0.1, 0.15) is 39.3 Å². The lowest BCUT2D eigenvalue weighted by Crippen LogP contribution is -2.40. The summed E-state index contributed by atoms with van der Waals surface area (Å²) < 4.78 is 5.54. The Morgan fingerprint density at radius 2 is 1.70 bits per heavy atom. The molecule has 0 fully saturated rings. The molecule has 166 valence electrons. The molecule has 1 aliphatic rings. The van der Waals surface area contributed by atoms with Crippen LogP contribution in [0.2, 0.25) is 5.02 Å². The van der Waals surface area contributed by atoms with Crippen molar-refractivity contribution >= 4 is 28.8 Å². The molecule has 0 saturated carbocycles. The van der Waals surface area contributed by atoms with Gasteiger partial charge >= 0.3 is 0 Å². The minimum atomic E-state index is -0.202. The number of fused-ring (bicyclic) bond motifs is 1. The van der Waals surface area contributed by atoms with Gasteiger partial charge in [-0.1, -0.05) is 54.1 Å². The number of amides is 1. The van der Waals surface area contributed by atoms with Crippen molar-refractivity contribution in [1.82, 2.24) is 4.90 Å². The monoisotopic (exact) mass is 473 g/mol. The molecule has 1 amide bonds. The fraction of sp³-hybridized carbons (Fsp3) is 0.179. The highest BCUT2D eigenvalue weighted by Crippen LogP contribution is 2.40. The smallest absolute Gasteiger partial charge is 0.264 e. The van der Waals surface area contributed by atoms with E-state index in [1.807, 2.05) is 78.6 Å². The van der Waals surface area contributed by atoms with E-state index in [2.05, 4.69) is 18.2 Å². The summed E-state index contributed by atoms with van der Waals surface area (Å²) in [4.78, 5) is 17.5. The van der Waals surface area contributed by atoms with Crippen molar-refractivity contribution in [3.63, 3.8) is 0 Å². The number of carbonyl (C=O) groups excluding carboxylic acids is 1. The lowest BCUT2D eigenvalue weighted by atomic mass is 9.88. The van der Waals surface area contributed by atoms with E-state index in [0.29, 0.717) is 18.2 Å². The normalized spacial score (nSPS) is 15.2. The van der Waals surface area contributed by atoms with Crippen LogP contribution in [0.15, 0.2) is 84.9 Å². The highest BCUT2D eigenvalue weighted by Gasteiger charge is 2.34. The molecule has 4 aromatic rings. The first-order chi connectivity index (χ1) is 16.2. The number of hydrogen-bond donors (Lipinski definition) is 0. The van der Waals surface area contributed by atoms with Crippen LogP contribution in [0.5, 0.6) is 5.75 Å². The van der Waals surface area contributed by atoms with Crippen molar-refractivity contribution in [1.29, 1.82) is 0 Å². The van der Waals surface area contributed by atoms with Gasteiger partial charge < -0.3 is 9.64 Å². The Hall–Kier alpha value is -3.08. The summed E-state index contributed by atoms with van der Waals surface area (Å²) in [5.41, 5.74) is 4.46. The van der Waals surface area contributed by atoms with Gasteiger partial charge in [0, 0.05) is 16.4 Å². The Morgan fingerprint density at radius 1 is 0.970 bits per heavy atom. The van der Waals surface area contributed by atoms with Crippen LogP contribution >= 0.6 is 22.9 Å². The highest BCUT2D eigenvalue weighted by atomic mass is 35.5. The predicted molar refractivity (Wildman–Crippen MR) is 135 cm³/mol. The molecular formula is C28H24ClNO2S. The largest absolute Gasteiger partial charge is 0.494 e. The van der Waals surface area contributed by atoms with Crippen LogP contribution in [0.3, 0.4) is 0 Å². The maximum Gasteiger partial charge on any atom is 0.264 e. The second kappa shape index (κ2) is 9.42. The van der Waals surface area contributed by atoms with Crippen LogP contribution in [0.25, 0.3) is 10.4 Å². The Balaban J connectivity index is 1.48. The van der Waals surface area contributed by atoms with Crippen LogP contribution in [-0.2, 0) is 6.42 Å². The molecule has 0 saturated heterocycles. The number of nitrogens with zero attached hydrogens (tertiary/aromatic N) is 1. The first kappa shape index (κ1) is 21.7. The number of hydrogen-bond acceptors (Lipinski definition) is 3. The van der Waals surface area contributed by atoms with E-state index >= 15 is 0 Å². The summed E-state index contributed by atoms with van der Waals surface area (Å²) in [7, 11) is 0. The maximum absolute atomic E-state index is 13.8. The van der Waals surface area contributed by atoms with Gasteiger partial charge in [-0.25, -0.2) is 0 Å². The average Bonchev–Trinajstić information content (AvgIpc) is 3.34. The van der Waals surface area contributed by atoms with E-state index in [-0.39, 0.29) is 11.9 Å². The zero-order valence-corrected chi connectivity index (χ0v) is 19.9. The summed E-state index contributed by atoms with van der Waals surface area (Å²) >= 11 is 8.14. The Bertz CT molecular complexity index is 1280. The van der Waals surface area contributed by atoms with Crippen molar-refractivity contribution in [3.05, 3.63) is 112 Å². The molecule has 2 heterocycles. The molecule has 0 unspecified atom stereocenters. The van der Waals surface area contributed by atoms with E-state index in [1.54, 1.807) is 0 Å². The van der Waals surface area contributed by atoms with Crippen molar-refractivity contribution in [2.75, 3.05) is 13.2 Å². The quantitative estimate of drug-likeness (QED) is 0.305. The molecule has 1 aliphatic heterocycles. The molecule has 3 nitrogen and oxygen atoms in total. The zero-order valence-electron chi connectivity index (χ0n) is 18.3. The van der Waals surface area contributed by atoms with Gasteiger partial charge in [0.2, 0.25) is 0 Å². The predicted octanol–water partition coefficient (Wildman–Crippen LogP) is 7.26. The van der Waals surface area contributed by atoms with Gasteiger partial charge in [0.15, 0.2) is 0 Å². The summed E-state index contributed by atoms with van der Waals surface area (Å²) in [6.45, 7) is 3.27. The van der Waals surface area contributed by atoms with Gasteiger partial charge in [-0.3, -0.25) is 4.79 Å². The number of rotatable bonds is 5. The van der Waals surface area contributed by atoms with Crippen molar-refractivity contribution in [3.8, 4) is 16.2 Å². The molecule has 33 heavy (non-hydrogen) atoms. The molecule has 0 N–H and O–H groups in total. The van der Waals surface area contributed by atoms with Crippen molar-refractivity contribution in [2.24, 2.45) is 0 Å². The Kier molecular flexibility index (Phi) is 6.21. The van der Waals surface area contributed by atoms with Gasteiger partial charge in [0.1, 0.15) is 5.75 Å². The molecular weight excluding hydrogens is 450 g/mol. The number of halogens is 1. The summed E-state index contributed by atoms with van der Waals surface area (Å²) in [5, 5.41) is 0.679. The molecule has 0 bridgehead atoms. The number of benzene rings is 3. The minimum Gasteiger partial charge on any atom is -0.494 e. The summed E-state index contributed by atoms with van der Waals surface area (Å²) in [6, 6.07) is 27.9. The molecule has 3 aromatic carbocycles. The lowest BCUT2D eigenvalue weighted by Gasteiger charge is -2.38. The van der Waals surface area contributed by atoms with Gasteiger partial charge in [-0.2, -0.15) is 0 Å². The topological polar surface area (TPSA) is 29.5 Å².